The van der Waals surface area contributed by atoms with Crippen LogP contribution in [0.15, 0.2) is 48.8 Å². The number of nitrogens with one attached hydrogen (secondary N) is 1. The molecule has 0 saturated heterocycles. The summed E-state index contributed by atoms with van der Waals surface area (Å²) >= 11 is 0. The van der Waals surface area contributed by atoms with Crippen molar-refractivity contribution in [3.05, 3.63) is 65.7 Å². The van der Waals surface area contributed by atoms with Crippen molar-refractivity contribution >= 4 is 11.8 Å². The molecule has 6 heteroatoms. The van der Waals surface area contributed by atoms with Crippen LogP contribution in [-0.2, 0) is 0 Å². The number of hydrogen-bond acceptors (Lipinski definition) is 3. The summed E-state index contributed by atoms with van der Waals surface area (Å²) in [5.74, 6) is -1.75. The third kappa shape index (κ3) is 3.91. The van der Waals surface area contributed by atoms with Gasteiger partial charge in [0.25, 0.3) is 11.8 Å². The lowest BCUT2D eigenvalue weighted by atomic mass is 10.1. The number of carbonyl (C=O) groups excluding carboxylic acids is 2. The van der Waals surface area contributed by atoms with Gasteiger partial charge in [-0.05, 0) is 45.0 Å². The predicted octanol–water partition coefficient (Wildman–Crippen LogP) is 2.81. The van der Waals surface area contributed by atoms with Crippen molar-refractivity contribution in [2.45, 2.75) is 26.3 Å². The Morgan fingerprint density at radius 3 is 2.39 bits per heavy atom. The van der Waals surface area contributed by atoms with Crippen molar-refractivity contribution < 1.29 is 14.0 Å². The summed E-state index contributed by atoms with van der Waals surface area (Å²) in [6.07, 6.45) is 2.96. The third-order valence-electron chi connectivity index (χ3n) is 3.11. The summed E-state index contributed by atoms with van der Waals surface area (Å²) in [4.78, 5) is 28.8. The molecule has 0 aliphatic heterocycles. The number of aromatic nitrogens is 1. The normalized spacial score (nSPS) is 11.0. The molecular formula is C17H18FN3O2. The van der Waals surface area contributed by atoms with Crippen LogP contribution in [0.2, 0.25) is 0 Å². The first kappa shape index (κ1) is 16.6. The Balaban J connectivity index is 2.29. The van der Waals surface area contributed by atoms with Crippen molar-refractivity contribution in [2.75, 3.05) is 0 Å². The van der Waals surface area contributed by atoms with Crippen molar-refractivity contribution in [2.24, 2.45) is 0 Å². The van der Waals surface area contributed by atoms with Crippen molar-refractivity contribution in [1.29, 1.82) is 0 Å². The Hall–Kier alpha value is -2.76. The number of hydrazine groups is 1. The van der Waals surface area contributed by atoms with E-state index in [4.69, 9.17) is 0 Å². The van der Waals surface area contributed by atoms with Gasteiger partial charge in [-0.25, -0.2) is 9.40 Å². The quantitative estimate of drug-likeness (QED) is 0.867. The molecule has 0 radical (unpaired) electrons. The van der Waals surface area contributed by atoms with Gasteiger partial charge in [0.15, 0.2) is 0 Å². The Kier molecular flexibility index (Phi) is 4.74. The van der Waals surface area contributed by atoms with E-state index in [-0.39, 0.29) is 5.56 Å². The second kappa shape index (κ2) is 6.56. The lowest BCUT2D eigenvalue weighted by Gasteiger charge is -2.35. The molecule has 1 N–H and O–H groups in total. The van der Waals surface area contributed by atoms with E-state index >= 15 is 0 Å². The molecule has 1 aromatic heterocycles. The zero-order chi connectivity index (χ0) is 17.0. The van der Waals surface area contributed by atoms with Gasteiger partial charge in [-0.2, -0.15) is 0 Å². The first-order valence-electron chi connectivity index (χ1n) is 7.11. The Labute approximate surface area is 134 Å². The number of pyridine rings is 1. The van der Waals surface area contributed by atoms with Crippen LogP contribution in [-0.4, -0.2) is 27.3 Å². The summed E-state index contributed by atoms with van der Waals surface area (Å²) in [6, 6.07) is 8.84. The number of carbonyl (C=O) groups is 2. The lowest BCUT2D eigenvalue weighted by molar-refractivity contribution is 0.0356. The summed E-state index contributed by atoms with van der Waals surface area (Å²) in [7, 11) is 0. The van der Waals surface area contributed by atoms with Crippen LogP contribution in [0, 0.1) is 5.82 Å². The van der Waals surface area contributed by atoms with Crippen LogP contribution in [0.1, 0.15) is 41.5 Å². The van der Waals surface area contributed by atoms with Gasteiger partial charge in [0.2, 0.25) is 0 Å². The fourth-order valence-electron chi connectivity index (χ4n) is 1.95. The zero-order valence-electron chi connectivity index (χ0n) is 13.2. The number of rotatable bonds is 2. The average molecular weight is 315 g/mol. The molecule has 0 aliphatic carbocycles. The monoisotopic (exact) mass is 315 g/mol. The van der Waals surface area contributed by atoms with E-state index in [1.54, 1.807) is 45.2 Å². The molecule has 2 amide bonds. The maximum absolute atomic E-state index is 13.7. The lowest BCUT2D eigenvalue weighted by Crippen LogP contribution is -2.56. The molecule has 0 bridgehead atoms. The minimum absolute atomic E-state index is 0.124. The van der Waals surface area contributed by atoms with Gasteiger partial charge >= 0.3 is 0 Å². The minimum atomic E-state index is -0.701. The highest BCUT2D eigenvalue weighted by molar-refractivity contribution is 5.99. The Morgan fingerprint density at radius 1 is 1.13 bits per heavy atom. The fraction of sp³-hybridized carbons (Fsp3) is 0.235. The standard InChI is InChI=1S/C17H18FN3O2/c1-17(2,3)21(16(23)12-7-6-10-19-11-12)20-15(22)13-8-4-5-9-14(13)18/h4-11H,1-3H3,(H,20,22). The van der Waals surface area contributed by atoms with E-state index in [1.807, 2.05) is 0 Å². The average Bonchev–Trinajstić information content (AvgIpc) is 2.52. The molecule has 1 heterocycles. The smallest absolute Gasteiger partial charge is 0.267 e. The topological polar surface area (TPSA) is 62.3 Å². The summed E-state index contributed by atoms with van der Waals surface area (Å²) in [6.45, 7) is 5.30. The number of amides is 2. The maximum atomic E-state index is 13.7. The number of hydrogen-bond donors (Lipinski definition) is 1. The Morgan fingerprint density at radius 2 is 1.83 bits per heavy atom. The summed E-state index contributed by atoms with van der Waals surface area (Å²) in [5.41, 5.74) is 1.99. The molecular weight excluding hydrogens is 297 g/mol. The SMILES string of the molecule is CC(C)(C)N(NC(=O)c1ccccc1F)C(=O)c1cccnc1. The highest BCUT2D eigenvalue weighted by atomic mass is 19.1. The van der Waals surface area contributed by atoms with Crippen LogP contribution in [0.5, 0.6) is 0 Å². The second-order valence-corrected chi connectivity index (χ2v) is 5.97. The van der Waals surface area contributed by atoms with E-state index in [2.05, 4.69) is 10.4 Å². The van der Waals surface area contributed by atoms with Crippen LogP contribution < -0.4 is 5.43 Å². The fourth-order valence-corrected chi connectivity index (χ4v) is 1.95. The van der Waals surface area contributed by atoms with E-state index in [0.29, 0.717) is 5.56 Å². The van der Waals surface area contributed by atoms with Gasteiger partial charge in [0.05, 0.1) is 16.7 Å². The number of halogens is 1. The van der Waals surface area contributed by atoms with Crippen molar-refractivity contribution in [3.8, 4) is 0 Å². The van der Waals surface area contributed by atoms with Gasteiger partial charge < -0.3 is 0 Å². The van der Waals surface area contributed by atoms with Crippen molar-refractivity contribution in [1.82, 2.24) is 15.4 Å². The van der Waals surface area contributed by atoms with Crippen LogP contribution in [0.4, 0.5) is 4.39 Å². The summed E-state index contributed by atoms with van der Waals surface area (Å²) < 4.78 is 13.7. The van der Waals surface area contributed by atoms with Gasteiger partial charge in [-0.3, -0.25) is 20.0 Å². The van der Waals surface area contributed by atoms with E-state index in [1.165, 1.54) is 29.4 Å². The predicted molar refractivity (Wildman–Crippen MR) is 84.0 cm³/mol. The maximum Gasteiger partial charge on any atom is 0.274 e. The molecule has 2 aromatic rings. The molecule has 0 unspecified atom stereocenters. The number of nitrogens with zero attached hydrogens (tertiary/aromatic N) is 2. The highest BCUT2D eigenvalue weighted by Gasteiger charge is 2.30. The molecule has 0 fully saturated rings. The van der Waals surface area contributed by atoms with E-state index in [9.17, 15) is 14.0 Å². The van der Waals surface area contributed by atoms with E-state index < -0.39 is 23.2 Å². The second-order valence-electron chi connectivity index (χ2n) is 5.97. The number of benzene rings is 1. The molecule has 2 rings (SSSR count). The molecule has 0 aliphatic rings. The first-order chi connectivity index (χ1) is 10.8. The van der Waals surface area contributed by atoms with Gasteiger partial charge in [-0.1, -0.05) is 12.1 Å². The minimum Gasteiger partial charge on any atom is -0.267 e. The van der Waals surface area contributed by atoms with Gasteiger partial charge in [0, 0.05) is 12.4 Å². The molecule has 0 spiro atoms. The Bertz CT molecular complexity index is 711. The largest absolute Gasteiger partial charge is 0.274 e. The molecule has 1 aromatic carbocycles. The summed E-state index contributed by atoms with van der Waals surface area (Å²) in [5, 5.41) is 1.18. The molecule has 23 heavy (non-hydrogen) atoms. The van der Waals surface area contributed by atoms with Gasteiger partial charge in [-0.15, -0.1) is 0 Å². The highest BCUT2D eigenvalue weighted by Crippen LogP contribution is 2.16. The van der Waals surface area contributed by atoms with Crippen LogP contribution >= 0.6 is 0 Å². The molecule has 0 atom stereocenters. The van der Waals surface area contributed by atoms with Crippen LogP contribution in [0.3, 0.4) is 0 Å². The van der Waals surface area contributed by atoms with E-state index in [0.717, 1.165) is 0 Å². The molecule has 5 nitrogen and oxygen atoms in total. The van der Waals surface area contributed by atoms with Crippen LogP contribution in [0.25, 0.3) is 0 Å². The zero-order valence-corrected chi connectivity index (χ0v) is 13.2. The first-order valence-corrected chi connectivity index (χ1v) is 7.11. The molecule has 120 valence electrons. The molecule has 0 saturated carbocycles. The van der Waals surface area contributed by atoms with Gasteiger partial charge in [0.1, 0.15) is 5.82 Å². The van der Waals surface area contributed by atoms with Crippen molar-refractivity contribution in [3.63, 3.8) is 0 Å². The third-order valence-corrected chi connectivity index (χ3v) is 3.11.